The Morgan fingerprint density at radius 3 is 0.961 bits per heavy atom. The molecule has 434 valence electrons. The second-order valence-electron chi connectivity index (χ2n) is 15.6. The summed E-state index contributed by atoms with van der Waals surface area (Å²) in [6.07, 6.45) is -4.18. The van der Waals surface area contributed by atoms with Crippen molar-refractivity contribution in [3.8, 4) is 6.26 Å². The van der Waals surface area contributed by atoms with Crippen LogP contribution in [0.5, 0.6) is 0 Å². The summed E-state index contributed by atoms with van der Waals surface area (Å²) in [6, 6.07) is 0. The van der Waals surface area contributed by atoms with Crippen LogP contribution in [0.25, 0.3) is 0 Å². The van der Waals surface area contributed by atoms with Gasteiger partial charge in [0.2, 0.25) is 0 Å². The number of rotatable bonds is 36. The van der Waals surface area contributed by atoms with Gasteiger partial charge in [-0.3, -0.25) is 9.59 Å². The second-order valence-corrected chi connectivity index (χ2v) is 15.6. The van der Waals surface area contributed by atoms with Crippen LogP contribution >= 0.6 is 0 Å². The number of aliphatic hydroxyl groups excluding tert-OH is 2. The fourth-order valence-corrected chi connectivity index (χ4v) is 4.30. The van der Waals surface area contributed by atoms with Crippen LogP contribution < -0.4 is 0 Å². The van der Waals surface area contributed by atoms with Gasteiger partial charge in [-0.25, -0.2) is 33.6 Å². The molecule has 0 radical (unpaired) electrons. The van der Waals surface area contributed by atoms with Crippen LogP contribution in [-0.2, 0) is 99.8 Å². The number of nitriles is 1. The highest BCUT2D eigenvalue weighted by molar-refractivity contribution is 5.82. The Bertz CT molecular complexity index is 1660. The Balaban J connectivity index is -0.00000133. The molecule has 0 aliphatic carbocycles. The van der Waals surface area contributed by atoms with Crippen LogP contribution in [0.1, 0.15) is 81.1 Å². The zero-order valence-electron chi connectivity index (χ0n) is 44.3. The maximum absolute atomic E-state index is 11.8. The predicted molar refractivity (Wildman–Crippen MR) is 257 cm³/mol. The summed E-state index contributed by atoms with van der Waals surface area (Å²) in [5, 5.41) is 25.8. The van der Waals surface area contributed by atoms with Gasteiger partial charge in [0.15, 0.2) is 0 Å². The Morgan fingerprint density at radius 2 is 0.684 bits per heavy atom. The first-order chi connectivity index (χ1) is 35.9. The minimum atomic E-state index is -0.992. The van der Waals surface area contributed by atoms with Gasteiger partial charge in [-0.15, -0.1) is 0 Å². The summed E-state index contributed by atoms with van der Waals surface area (Å²) in [7, 11) is 0. The van der Waals surface area contributed by atoms with Crippen molar-refractivity contribution in [3.05, 3.63) is 38.0 Å². The third-order valence-electron chi connectivity index (χ3n) is 7.56. The number of aliphatic hydroxyl groups is 2. The third kappa shape index (κ3) is 51.7. The van der Waals surface area contributed by atoms with Gasteiger partial charge >= 0.3 is 54.5 Å². The number of nitrogens with zero attached hydrogens (tertiary/aromatic N) is 1. The summed E-state index contributed by atoms with van der Waals surface area (Å²) in [5.74, 6) is -2.77. The molecule has 0 bridgehead atoms. The molecule has 76 heavy (non-hydrogen) atoms. The van der Waals surface area contributed by atoms with Crippen molar-refractivity contribution in [2.45, 2.75) is 130 Å². The molecule has 0 aromatic rings. The lowest BCUT2D eigenvalue weighted by Crippen LogP contribution is -2.28. The SMILES string of the molecule is C=CC(=O)OCCCC(=O)OC(C)COC(=O)OC(C)COCC(C)OC(=O)OCC(C)OC(=O)CCCOC(=O)C=C.C=CC(=O)OCCOC#N.CC(O)COC(=O)OC(C)COCC(C)OC(=O)OCC(C)O. The number of esters is 5. The summed E-state index contributed by atoms with van der Waals surface area (Å²) in [4.78, 5) is 102. The van der Waals surface area contributed by atoms with Crippen LogP contribution in [0.2, 0.25) is 0 Å². The zero-order valence-corrected chi connectivity index (χ0v) is 44.3. The van der Waals surface area contributed by atoms with E-state index in [1.54, 1.807) is 27.7 Å². The highest BCUT2D eigenvalue weighted by Gasteiger charge is 2.19. The largest absolute Gasteiger partial charge is 0.508 e. The lowest BCUT2D eigenvalue weighted by molar-refractivity contribution is -0.152. The van der Waals surface area contributed by atoms with Crippen molar-refractivity contribution in [3.63, 3.8) is 0 Å². The van der Waals surface area contributed by atoms with Gasteiger partial charge in [0.25, 0.3) is 6.26 Å². The molecular weight excluding hydrogens is 1020 g/mol. The van der Waals surface area contributed by atoms with E-state index in [1.807, 2.05) is 0 Å². The van der Waals surface area contributed by atoms with Crippen molar-refractivity contribution in [2.24, 2.45) is 0 Å². The molecule has 0 rings (SSSR count). The molecule has 0 heterocycles. The average Bonchev–Trinajstić information content (AvgIpc) is 3.35. The van der Waals surface area contributed by atoms with Crippen molar-refractivity contribution < 1.29 is 129 Å². The highest BCUT2D eigenvalue weighted by Crippen LogP contribution is 2.06. The number of ether oxygens (including phenoxy) is 16. The van der Waals surface area contributed by atoms with E-state index in [0.29, 0.717) is 0 Å². The van der Waals surface area contributed by atoms with Gasteiger partial charge in [-0.05, 0) is 68.2 Å². The fraction of sp³-hybridized carbons (Fsp3) is 0.667. The summed E-state index contributed by atoms with van der Waals surface area (Å²) in [6.45, 7) is 21.7. The van der Waals surface area contributed by atoms with Gasteiger partial charge in [0, 0.05) is 31.1 Å². The summed E-state index contributed by atoms with van der Waals surface area (Å²) >= 11 is 0. The minimum Gasteiger partial charge on any atom is -0.463 e. The third-order valence-corrected chi connectivity index (χ3v) is 7.56. The van der Waals surface area contributed by atoms with Gasteiger partial charge in [0.05, 0.1) is 51.8 Å². The summed E-state index contributed by atoms with van der Waals surface area (Å²) < 4.78 is 77.9. The van der Waals surface area contributed by atoms with E-state index in [9.17, 15) is 43.2 Å². The topological polar surface area (TPSA) is 366 Å². The molecule has 0 fully saturated rings. The zero-order chi connectivity index (χ0) is 58.3. The quantitative estimate of drug-likeness (QED) is 0.0294. The van der Waals surface area contributed by atoms with Crippen LogP contribution in [-0.4, -0.2) is 193 Å². The fourth-order valence-electron chi connectivity index (χ4n) is 4.30. The standard InChI is InChI=1S/C28H42O15.C14H26O9.C6H7NO3/c1-7-23(29)36-13-9-11-25(31)40-21(5)17-38-27(33)42-19(3)15-35-16-20(4)43-28(34)39-18-22(6)41-26(32)12-10-14-37-24(30)8-2;1-9(15)5-20-13(17)22-11(3)7-19-8-12(4)23-14(18)21-6-10(2)16;1-2-6(8)10-4-3-9-5-7/h7-8,19-22H,1-2,9-18H2,3-6H3;9-12,15-16H,5-8H2,1-4H3;2H,1,3-4H2. The molecule has 0 saturated heterocycles. The molecule has 0 aliphatic heterocycles. The van der Waals surface area contributed by atoms with Gasteiger partial charge in [-0.1, -0.05) is 19.7 Å². The van der Waals surface area contributed by atoms with Gasteiger partial charge in [0.1, 0.15) is 76.3 Å². The van der Waals surface area contributed by atoms with Crippen molar-refractivity contribution in [1.82, 2.24) is 0 Å². The van der Waals surface area contributed by atoms with E-state index in [4.69, 9.17) is 72.3 Å². The summed E-state index contributed by atoms with van der Waals surface area (Å²) in [5.41, 5.74) is 0. The second kappa shape index (κ2) is 47.5. The monoisotopic (exact) mass is 1100 g/mol. The normalized spacial score (nSPS) is 13.2. The lowest BCUT2D eigenvalue weighted by Gasteiger charge is -2.18. The number of hydrogen-bond donors (Lipinski definition) is 2. The number of carbonyl (C=O) groups is 9. The Hall–Kier alpha value is -7.22. The molecular formula is C48H75NO27. The van der Waals surface area contributed by atoms with E-state index in [1.165, 1.54) is 34.0 Å². The predicted octanol–water partition coefficient (Wildman–Crippen LogP) is 4.03. The molecule has 0 aliphatic rings. The van der Waals surface area contributed by atoms with E-state index >= 15 is 0 Å². The van der Waals surface area contributed by atoms with Gasteiger partial charge in [-0.2, -0.15) is 5.26 Å². The van der Waals surface area contributed by atoms with Crippen molar-refractivity contribution >= 4 is 54.5 Å². The number of hydrogen-bond acceptors (Lipinski definition) is 28. The van der Waals surface area contributed by atoms with E-state index in [0.717, 1.165) is 18.2 Å². The molecule has 0 aromatic carbocycles. The average molecular weight is 1100 g/mol. The molecule has 2 N–H and O–H groups in total. The first-order valence-corrected chi connectivity index (χ1v) is 23.5. The van der Waals surface area contributed by atoms with Crippen molar-refractivity contribution in [1.29, 1.82) is 5.26 Å². The molecule has 0 saturated carbocycles. The maximum Gasteiger partial charge on any atom is 0.508 e. The minimum absolute atomic E-state index is 0.0151. The van der Waals surface area contributed by atoms with Crippen molar-refractivity contribution in [2.75, 3.05) is 79.3 Å². The van der Waals surface area contributed by atoms with E-state index in [2.05, 4.69) is 38.7 Å². The van der Waals surface area contributed by atoms with E-state index in [-0.39, 0.29) is 105 Å². The molecule has 28 heteroatoms. The first kappa shape index (κ1) is 73.0. The molecule has 0 aromatic heterocycles. The first-order valence-electron chi connectivity index (χ1n) is 23.5. The molecule has 8 atom stereocenters. The number of carbonyl (C=O) groups excluding carboxylic acids is 9. The van der Waals surface area contributed by atoms with Crippen LogP contribution in [0.3, 0.4) is 0 Å². The van der Waals surface area contributed by atoms with Gasteiger partial charge < -0.3 is 86.0 Å². The Kier molecular flexibility index (Phi) is 45.6. The van der Waals surface area contributed by atoms with Crippen LogP contribution in [0, 0.1) is 11.5 Å². The molecule has 28 nitrogen and oxygen atoms in total. The molecule has 0 amide bonds. The molecule has 0 spiro atoms. The smallest absolute Gasteiger partial charge is 0.463 e. The maximum atomic E-state index is 11.8. The van der Waals surface area contributed by atoms with Crippen LogP contribution in [0.4, 0.5) is 19.2 Å². The molecule has 8 unspecified atom stereocenters. The lowest BCUT2D eigenvalue weighted by atomic mass is 10.3. The highest BCUT2D eigenvalue weighted by atomic mass is 16.8. The van der Waals surface area contributed by atoms with Crippen LogP contribution in [0.15, 0.2) is 38.0 Å². The van der Waals surface area contributed by atoms with E-state index < -0.39 is 103 Å². The Morgan fingerprint density at radius 1 is 0.408 bits per heavy atom. The Labute approximate surface area is 441 Å².